The predicted molar refractivity (Wildman–Crippen MR) is 73.7 cm³/mol. The number of imidazole rings is 1. The van der Waals surface area contributed by atoms with E-state index in [1.165, 1.54) is 6.07 Å². The van der Waals surface area contributed by atoms with Gasteiger partial charge in [0.15, 0.2) is 4.77 Å². The number of hydrogen-bond donors (Lipinski definition) is 1. The van der Waals surface area contributed by atoms with Crippen LogP contribution < -0.4 is 0 Å². The van der Waals surface area contributed by atoms with Crippen molar-refractivity contribution in [3.05, 3.63) is 27.2 Å². The Bertz CT molecular complexity index is 645. The fourth-order valence-corrected chi connectivity index (χ4v) is 2.93. The van der Waals surface area contributed by atoms with Gasteiger partial charge < -0.3 is 14.3 Å². The fourth-order valence-electron chi connectivity index (χ4n) is 2.32. The van der Waals surface area contributed by atoms with Crippen molar-refractivity contribution in [3.63, 3.8) is 0 Å². The first kappa shape index (κ1) is 12.3. The van der Waals surface area contributed by atoms with Gasteiger partial charge in [0.25, 0.3) is 0 Å². The molecule has 1 aliphatic heterocycles. The largest absolute Gasteiger partial charge is 0.381 e. The highest BCUT2D eigenvalue weighted by Gasteiger charge is 2.18. The molecule has 2 heterocycles. The second-order valence-electron chi connectivity index (χ2n) is 4.55. The van der Waals surface area contributed by atoms with Gasteiger partial charge in [0, 0.05) is 25.1 Å². The monoisotopic (exact) mass is 330 g/mol. The summed E-state index contributed by atoms with van der Waals surface area (Å²) >= 11 is 8.51. The zero-order valence-corrected chi connectivity index (χ0v) is 12.0. The van der Waals surface area contributed by atoms with Gasteiger partial charge in [0.2, 0.25) is 0 Å². The molecule has 1 aliphatic rings. The van der Waals surface area contributed by atoms with Gasteiger partial charge in [0.1, 0.15) is 5.82 Å². The molecule has 2 aromatic rings. The zero-order chi connectivity index (χ0) is 12.7. The van der Waals surface area contributed by atoms with E-state index >= 15 is 0 Å². The number of nitrogens with one attached hydrogen (secondary N) is 1. The van der Waals surface area contributed by atoms with E-state index in [4.69, 9.17) is 17.0 Å². The predicted octanol–water partition coefficient (Wildman–Crippen LogP) is 3.64. The Kier molecular flexibility index (Phi) is 3.25. The molecule has 0 spiro atoms. The summed E-state index contributed by atoms with van der Waals surface area (Å²) in [7, 11) is 0. The van der Waals surface area contributed by atoms with E-state index in [0.717, 1.165) is 37.2 Å². The molecule has 1 aromatic heterocycles. The van der Waals surface area contributed by atoms with Gasteiger partial charge in [-0.25, -0.2) is 4.39 Å². The van der Waals surface area contributed by atoms with Crippen LogP contribution in [0.3, 0.4) is 0 Å². The number of halogens is 2. The minimum atomic E-state index is -0.282. The summed E-state index contributed by atoms with van der Waals surface area (Å²) < 4.78 is 22.0. The molecule has 18 heavy (non-hydrogen) atoms. The Hall–Kier alpha value is -0.720. The van der Waals surface area contributed by atoms with Crippen LogP contribution in [0.1, 0.15) is 6.42 Å². The normalized spacial score (nSPS) is 19.8. The first-order valence-corrected chi connectivity index (χ1v) is 7.00. The van der Waals surface area contributed by atoms with E-state index in [0.29, 0.717) is 15.2 Å². The molecule has 0 amide bonds. The number of fused-ring (bicyclic) bond motifs is 1. The summed E-state index contributed by atoms with van der Waals surface area (Å²) in [4.78, 5) is 3.05. The van der Waals surface area contributed by atoms with Gasteiger partial charge in [-0.2, -0.15) is 0 Å². The van der Waals surface area contributed by atoms with E-state index in [1.54, 1.807) is 6.07 Å². The first-order valence-electron chi connectivity index (χ1n) is 5.80. The third-order valence-electron chi connectivity index (χ3n) is 3.28. The molecule has 6 heteroatoms. The number of H-pyrrole nitrogens is 1. The van der Waals surface area contributed by atoms with Crippen LogP contribution in [0.25, 0.3) is 11.0 Å². The second kappa shape index (κ2) is 4.75. The maximum absolute atomic E-state index is 13.5. The molecule has 1 fully saturated rings. The molecule has 1 unspecified atom stereocenters. The minimum Gasteiger partial charge on any atom is -0.381 e. The van der Waals surface area contributed by atoms with Crippen molar-refractivity contribution in [1.29, 1.82) is 0 Å². The van der Waals surface area contributed by atoms with Crippen LogP contribution in [-0.4, -0.2) is 22.8 Å². The summed E-state index contributed by atoms with van der Waals surface area (Å²) in [5, 5.41) is 0. The molecule has 1 N–H and O–H groups in total. The molecule has 96 valence electrons. The lowest BCUT2D eigenvalue weighted by Crippen LogP contribution is -2.10. The molecule has 0 saturated carbocycles. The maximum atomic E-state index is 13.5. The van der Waals surface area contributed by atoms with Crippen LogP contribution in [0.4, 0.5) is 4.39 Å². The van der Waals surface area contributed by atoms with Crippen molar-refractivity contribution in [2.45, 2.75) is 13.0 Å². The summed E-state index contributed by atoms with van der Waals surface area (Å²) in [5.41, 5.74) is 1.67. The molecular weight excluding hydrogens is 319 g/mol. The van der Waals surface area contributed by atoms with Crippen LogP contribution in [0.15, 0.2) is 16.6 Å². The lowest BCUT2D eigenvalue weighted by Gasteiger charge is -2.09. The second-order valence-corrected chi connectivity index (χ2v) is 5.79. The Morgan fingerprint density at radius 2 is 2.39 bits per heavy atom. The third-order valence-corrected chi connectivity index (χ3v) is 4.21. The average Bonchev–Trinajstić information content (AvgIpc) is 2.92. The topological polar surface area (TPSA) is 29.9 Å². The summed E-state index contributed by atoms with van der Waals surface area (Å²) in [6.07, 6.45) is 1.05. The van der Waals surface area contributed by atoms with E-state index in [9.17, 15) is 4.39 Å². The van der Waals surface area contributed by atoms with Crippen LogP contribution in [0, 0.1) is 16.5 Å². The van der Waals surface area contributed by atoms with Crippen molar-refractivity contribution >= 4 is 39.2 Å². The molecule has 1 atom stereocenters. The molecule has 0 radical (unpaired) electrons. The molecular formula is C12H12BrFN2OS. The van der Waals surface area contributed by atoms with E-state index in [2.05, 4.69) is 20.9 Å². The van der Waals surface area contributed by atoms with Gasteiger partial charge in [-0.3, -0.25) is 0 Å². The number of nitrogens with zero attached hydrogens (tertiary/aromatic N) is 1. The highest BCUT2D eigenvalue weighted by atomic mass is 79.9. The van der Waals surface area contributed by atoms with Crippen molar-refractivity contribution in [2.24, 2.45) is 5.92 Å². The van der Waals surface area contributed by atoms with Crippen LogP contribution in [0.5, 0.6) is 0 Å². The van der Waals surface area contributed by atoms with E-state index < -0.39 is 0 Å². The standard InChI is InChI=1S/C12H12BrFN2OS/c13-8-3-11-10(4-9(8)14)15-12(18)16(11)5-7-1-2-17-6-7/h3-4,7H,1-2,5-6H2,(H,15,18). The molecule has 3 nitrogen and oxygen atoms in total. The Balaban J connectivity index is 2.07. The molecule has 1 saturated heterocycles. The van der Waals surface area contributed by atoms with E-state index in [1.807, 2.05) is 4.57 Å². The van der Waals surface area contributed by atoms with E-state index in [-0.39, 0.29) is 5.82 Å². The summed E-state index contributed by atoms with van der Waals surface area (Å²) in [6.45, 7) is 2.41. The minimum absolute atomic E-state index is 0.282. The van der Waals surface area contributed by atoms with Gasteiger partial charge in [-0.15, -0.1) is 0 Å². The lowest BCUT2D eigenvalue weighted by atomic mass is 10.1. The molecule has 3 rings (SSSR count). The summed E-state index contributed by atoms with van der Waals surface area (Å²) in [6, 6.07) is 3.24. The lowest BCUT2D eigenvalue weighted by molar-refractivity contribution is 0.182. The average molecular weight is 331 g/mol. The number of aromatic amines is 1. The van der Waals surface area contributed by atoms with Crippen LogP contribution in [0.2, 0.25) is 0 Å². The number of rotatable bonds is 2. The SMILES string of the molecule is Fc1cc2[nH]c(=S)n(CC3CCOC3)c2cc1Br. The molecule has 1 aromatic carbocycles. The smallest absolute Gasteiger partial charge is 0.178 e. The third kappa shape index (κ3) is 2.13. The van der Waals surface area contributed by atoms with Crippen molar-refractivity contribution < 1.29 is 9.13 Å². The zero-order valence-electron chi connectivity index (χ0n) is 9.58. The van der Waals surface area contributed by atoms with Gasteiger partial charge in [0.05, 0.1) is 22.1 Å². The maximum Gasteiger partial charge on any atom is 0.178 e. The van der Waals surface area contributed by atoms with Crippen LogP contribution >= 0.6 is 28.1 Å². The fraction of sp³-hybridized carbons (Fsp3) is 0.417. The Morgan fingerprint density at radius 3 is 3.11 bits per heavy atom. The molecule has 0 bridgehead atoms. The van der Waals surface area contributed by atoms with Crippen molar-refractivity contribution in [1.82, 2.24) is 9.55 Å². The van der Waals surface area contributed by atoms with Crippen molar-refractivity contribution in [3.8, 4) is 0 Å². The number of benzene rings is 1. The quantitative estimate of drug-likeness (QED) is 0.852. The number of hydrogen-bond acceptors (Lipinski definition) is 2. The summed E-state index contributed by atoms with van der Waals surface area (Å²) in [5.74, 6) is 0.203. The van der Waals surface area contributed by atoms with Crippen LogP contribution in [-0.2, 0) is 11.3 Å². The van der Waals surface area contributed by atoms with Gasteiger partial charge >= 0.3 is 0 Å². The highest BCUT2D eigenvalue weighted by Crippen LogP contribution is 2.25. The van der Waals surface area contributed by atoms with Gasteiger partial charge in [-0.1, -0.05) is 0 Å². The Labute approximate surface area is 117 Å². The highest BCUT2D eigenvalue weighted by molar-refractivity contribution is 9.10. The first-order chi connectivity index (χ1) is 8.65. The number of ether oxygens (including phenoxy) is 1. The number of aromatic nitrogens is 2. The van der Waals surface area contributed by atoms with Gasteiger partial charge in [-0.05, 0) is 40.6 Å². The van der Waals surface area contributed by atoms with Crippen molar-refractivity contribution in [2.75, 3.05) is 13.2 Å². The Morgan fingerprint density at radius 1 is 1.56 bits per heavy atom. The molecule has 0 aliphatic carbocycles.